The van der Waals surface area contributed by atoms with Crippen LogP contribution < -0.4 is 5.32 Å². The molecule has 1 rings (SSSR count). The van der Waals surface area contributed by atoms with Gasteiger partial charge in [0.05, 0.1) is 12.7 Å². The van der Waals surface area contributed by atoms with Gasteiger partial charge in [0, 0.05) is 24.3 Å². The minimum absolute atomic E-state index is 0.908. The summed E-state index contributed by atoms with van der Waals surface area (Å²) in [6.45, 7) is 5.10. The molecule has 0 saturated heterocycles. The van der Waals surface area contributed by atoms with Gasteiger partial charge in [0.2, 0.25) is 0 Å². The molecule has 0 atom stereocenters. The smallest absolute Gasteiger partial charge is 0.0539 e. The van der Waals surface area contributed by atoms with E-state index >= 15 is 0 Å². The van der Waals surface area contributed by atoms with Gasteiger partial charge in [-0.3, -0.25) is 4.68 Å². The summed E-state index contributed by atoms with van der Waals surface area (Å²) in [4.78, 5) is 2.18. The largest absolute Gasteiger partial charge is 0.316 e. The molecule has 1 aromatic heterocycles. The maximum Gasteiger partial charge on any atom is 0.0539 e. The Bertz CT molecular complexity index is 291. The van der Waals surface area contributed by atoms with Crippen molar-refractivity contribution in [2.24, 2.45) is 0 Å². The van der Waals surface area contributed by atoms with Crippen molar-refractivity contribution in [3.63, 3.8) is 0 Å². The van der Waals surface area contributed by atoms with Crippen molar-refractivity contribution in [2.45, 2.75) is 26.4 Å². The Morgan fingerprint density at radius 3 is 2.73 bits per heavy atom. The van der Waals surface area contributed by atoms with Crippen molar-refractivity contribution in [3.05, 3.63) is 17.5 Å². The fourth-order valence-corrected chi connectivity index (χ4v) is 1.68. The monoisotopic (exact) mass is 210 g/mol. The molecule has 4 heteroatoms. The van der Waals surface area contributed by atoms with E-state index in [1.54, 1.807) is 0 Å². The number of nitrogens with one attached hydrogen (secondary N) is 1. The molecule has 0 unspecified atom stereocenters. The van der Waals surface area contributed by atoms with Gasteiger partial charge in [0.25, 0.3) is 0 Å². The normalized spacial score (nSPS) is 11.3. The molecule has 4 nitrogen and oxygen atoms in total. The summed E-state index contributed by atoms with van der Waals surface area (Å²) in [5.41, 5.74) is 2.67. The summed E-state index contributed by atoms with van der Waals surface area (Å²) < 4.78 is 2.12. The minimum Gasteiger partial charge on any atom is -0.316 e. The quantitative estimate of drug-likeness (QED) is 0.751. The van der Waals surface area contributed by atoms with Crippen LogP contribution in [0.5, 0.6) is 0 Å². The van der Waals surface area contributed by atoms with E-state index in [1.165, 1.54) is 11.3 Å². The molecule has 15 heavy (non-hydrogen) atoms. The lowest BCUT2D eigenvalue weighted by atomic mass is 10.2. The van der Waals surface area contributed by atoms with Crippen LogP contribution in [-0.4, -0.2) is 42.4 Å². The second-order valence-electron chi connectivity index (χ2n) is 4.03. The Morgan fingerprint density at radius 1 is 1.47 bits per heavy atom. The molecular weight excluding hydrogens is 188 g/mol. The second-order valence-corrected chi connectivity index (χ2v) is 4.03. The zero-order chi connectivity index (χ0) is 11.3. The van der Waals surface area contributed by atoms with Crippen molar-refractivity contribution in [1.82, 2.24) is 20.0 Å². The Hall–Kier alpha value is -0.870. The standard InChI is InChI=1S/C11H22N4/c1-5-11-10(8-12-2)9-13-15(11)7-6-14(3)4/h9,12H,5-8H2,1-4H3. The molecule has 0 spiro atoms. The van der Waals surface area contributed by atoms with Gasteiger partial charge < -0.3 is 10.2 Å². The summed E-state index contributed by atoms with van der Waals surface area (Å²) in [6, 6.07) is 0. The lowest BCUT2D eigenvalue weighted by molar-refractivity contribution is 0.369. The summed E-state index contributed by atoms with van der Waals surface area (Å²) in [5.74, 6) is 0. The second kappa shape index (κ2) is 5.88. The molecular formula is C11H22N4. The van der Waals surface area contributed by atoms with Crippen LogP contribution in [0.3, 0.4) is 0 Å². The number of hydrogen-bond acceptors (Lipinski definition) is 3. The number of hydrogen-bond donors (Lipinski definition) is 1. The molecule has 0 amide bonds. The summed E-state index contributed by atoms with van der Waals surface area (Å²) >= 11 is 0. The maximum absolute atomic E-state index is 4.43. The molecule has 86 valence electrons. The third kappa shape index (κ3) is 3.32. The first-order valence-electron chi connectivity index (χ1n) is 5.52. The SMILES string of the molecule is CCc1c(CNC)cnn1CCN(C)C. The molecule has 0 aliphatic rings. The fraction of sp³-hybridized carbons (Fsp3) is 0.727. The highest BCUT2D eigenvalue weighted by Crippen LogP contribution is 2.09. The van der Waals surface area contributed by atoms with E-state index in [0.717, 1.165) is 26.1 Å². The Labute approximate surface area is 92.3 Å². The highest BCUT2D eigenvalue weighted by molar-refractivity contribution is 5.17. The maximum atomic E-state index is 4.43. The van der Waals surface area contributed by atoms with E-state index in [9.17, 15) is 0 Å². The van der Waals surface area contributed by atoms with Gasteiger partial charge in [-0.25, -0.2) is 0 Å². The van der Waals surface area contributed by atoms with Crippen LogP contribution in [-0.2, 0) is 19.5 Å². The van der Waals surface area contributed by atoms with E-state index in [1.807, 2.05) is 13.2 Å². The number of aromatic nitrogens is 2. The molecule has 0 radical (unpaired) electrons. The van der Waals surface area contributed by atoms with Gasteiger partial charge in [-0.05, 0) is 27.6 Å². The Kier molecular flexibility index (Phi) is 4.78. The minimum atomic E-state index is 0.908. The number of likely N-dealkylation sites (N-methyl/N-ethyl adjacent to an activating group) is 1. The predicted molar refractivity (Wildman–Crippen MR) is 62.9 cm³/mol. The molecule has 1 N–H and O–H groups in total. The van der Waals surface area contributed by atoms with Crippen molar-refractivity contribution < 1.29 is 0 Å². The average Bonchev–Trinajstić information content (AvgIpc) is 2.58. The summed E-state index contributed by atoms with van der Waals surface area (Å²) in [7, 11) is 6.14. The zero-order valence-electron chi connectivity index (χ0n) is 10.2. The van der Waals surface area contributed by atoms with Crippen LogP contribution in [0, 0.1) is 0 Å². The van der Waals surface area contributed by atoms with Gasteiger partial charge in [-0.1, -0.05) is 6.92 Å². The average molecular weight is 210 g/mol. The van der Waals surface area contributed by atoms with E-state index in [0.29, 0.717) is 0 Å². The number of nitrogens with zero attached hydrogens (tertiary/aromatic N) is 3. The first-order valence-corrected chi connectivity index (χ1v) is 5.52. The van der Waals surface area contributed by atoms with Crippen LogP contribution in [0.1, 0.15) is 18.2 Å². The summed E-state index contributed by atoms with van der Waals surface area (Å²) in [6.07, 6.45) is 3.02. The fourth-order valence-electron chi connectivity index (χ4n) is 1.68. The third-order valence-corrected chi connectivity index (χ3v) is 2.50. The Balaban J connectivity index is 2.70. The molecule has 0 saturated carbocycles. The predicted octanol–water partition coefficient (Wildman–Crippen LogP) is 0.726. The van der Waals surface area contributed by atoms with Gasteiger partial charge in [0.15, 0.2) is 0 Å². The molecule has 0 aliphatic carbocycles. The van der Waals surface area contributed by atoms with Crippen molar-refractivity contribution in [3.8, 4) is 0 Å². The highest BCUT2D eigenvalue weighted by Gasteiger charge is 2.07. The molecule has 0 aliphatic heterocycles. The molecule has 0 aromatic carbocycles. The van der Waals surface area contributed by atoms with E-state index in [2.05, 4.69) is 41.0 Å². The van der Waals surface area contributed by atoms with Crippen LogP contribution in [0.4, 0.5) is 0 Å². The third-order valence-electron chi connectivity index (χ3n) is 2.50. The van der Waals surface area contributed by atoms with Crippen molar-refractivity contribution >= 4 is 0 Å². The molecule has 0 bridgehead atoms. The number of rotatable bonds is 6. The van der Waals surface area contributed by atoms with E-state index in [-0.39, 0.29) is 0 Å². The molecule has 1 aromatic rings. The molecule has 1 heterocycles. The van der Waals surface area contributed by atoms with Gasteiger partial charge >= 0.3 is 0 Å². The Morgan fingerprint density at radius 2 is 2.20 bits per heavy atom. The lowest BCUT2D eigenvalue weighted by Gasteiger charge is -2.12. The summed E-state index contributed by atoms with van der Waals surface area (Å²) in [5, 5.41) is 7.60. The van der Waals surface area contributed by atoms with Crippen LogP contribution in [0.2, 0.25) is 0 Å². The van der Waals surface area contributed by atoms with Crippen LogP contribution in [0.15, 0.2) is 6.20 Å². The first-order chi connectivity index (χ1) is 7.19. The van der Waals surface area contributed by atoms with Gasteiger partial charge in [-0.15, -0.1) is 0 Å². The molecule has 0 fully saturated rings. The highest BCUT2D eigenvalue weighted by atomic mass is 15.3. The zero-order valence-corrected chi connectivity index (χ0v) is 10.2. The lowest BCUT2D eigenvalue weighted by Crippen LogP contribution is -2.20. The van der Waals surface area contributed by atoms with E-state index in [4.69, 9.17) is 0 Å². The first kappa shape index (κ1) is 12.2. The van der Waals surface area contributed by atoms with Crippen molar-refractivity contribution in [1.29, 1.82) is 0 Å². The van der Waals surface area contributed by atoms with Crippen LogP contribution >= 0.6 is 0 Å². The topological polar surface area (TPSA) is 33.1 Å². The van der Waals surface area contributed by atoms with Crippen molar-refractivity contribution in [2.75, 3.05) is 27.7 Å². The van der Waals surface area contributed by atoms with Gasteiger partial charge in [0.1, 0.15) is 0 Å². The van der Waals surface area contributed by atoms with E-state index < -0.39 is 0 Å². The van der Waals surface area contributed by atoms with Gasteiger partial charge in [-0.2, -0.15) is 5.10 Å². The van der Waals surface area contributed by atoms with Crippen LogP contribution in [0.25, 0.3) is 0 Å².